The monoisotopic (exact) mass is 333 g/mol. The predicted molar refractivity (Wildman–Crippen MR) is 86.3 cm³/mol. The van der Waals surface area contributed by atoms with Crippen molar-refractivity contribution in [3.8, 4) is 5.75 Å². The van der Waals surface area contributed by atoms with Crippen LogP contribution in [-0.4, -0.2) is 38.7 Å². The van der Waals surface area contributed by atoms with E-state index in [1.165, 1.54) is 10.5 Å². The number of sulfonamides is 1. The Hall–Kier alpha value is -2.61. The third-order valence-corrected chi connectivity index (χ3v) is 4.54. The standard InChI is InChI=1S/C15H15N3O4S/c1-23(20,21)18-7-8-22-14-9-12(4-5-13(14)18)17-15(19)11-3-2-6-16-10-11/h2-6,9-10H,7-8H2,1H3,(H,17,19). The van der Waals surface area contributed by atoms with E-state index in [0.29, 0.717) is 22.7 Å². The van der Waals surface area contributed by atoms with Crippen LogP contribution < -0.4 is 14.4 Å². The van der Waals surface area contributed by atoms with E-state index in [4.69, 9.17) is 4.74 Å². The zero-order valence-corrected chi connectivity index (χ0v) is 13.2. The molecule has 1 aliphatic rings. The lowest BCUT2D eigenvalue weighted by Gasteiger charge is -2.29. The second-order valence-corrected chi connectivity index (χ2v) is 6.97. The van der Waals surface area contributed by atoms with Crippen LogP contribution in [0.15, 0.2) is 42.7 Å². The van der Waals surface area contributed by atoms with E-state index in [-0.39, 0.29) is 19.1 Å². The summed E-state index contributed by atoms with van der Waals surface area (Å²) in [6, 6.07) is 8.20. The smallest absolute Gasteiger partial charge is 0.257 e. The van der Waals surface area contributed by atoms with Crippen molar-refractivity contribution >= 4 is 27.3 Å². The summed E-state index contributed by atoms with van der Waals surface area (Å²) >= 11 is 0. The minimum atomic E-state index is -3.36. The summed E-state index contributed by atoms with van der Waals surface area (Å²) in [5.41, 5.74) is 1.43. The molecule has 1 aromatic carbocycles. The minimum absolute atomic E-state index is 0.264. The average Bonchev–Trinajstić information content (AvgIpc) is 2.54. The number of rotatable bonds is 3. The van der Waals surface area contributed by atoms with Crippen LogP contribution in [-0.2, 0) is 10.0 Å². The molecule has 8 heteroatoms. The van der Waals surface area contributed by atoms with Crippen LogP contribution in [0.3, 0.4) is 0 Å². The second-order valence-electron chi connectivity index (χ2n) is 5.06. The molecule has 2 aromatic rings. The highest BCUT2D eigenvalue weighted by atomic mass is 32.2. The molecule has 2 heterocycles. The van der Waals surface area contributed by atoms with Crippen LogP contribution in [0.2, 0.25) is 0 Å². The number of nitrogens with zero attached hydrogens (tertiary/aromatic N) is 2. The van der Waals surface area contributed by atoms with Gasteiger partial charge in [0.1, 0.15) is 12.4 Å². The first-order valence-electron chi connectivity index (χ1n) is 6.91. The Balaban J connectivity index is 1.86. The molecular formula is C15H15N3O4S. The molecule has 23 heavy (non-hydrogen) atoms. The highest BCUT2D eigenvalue weighted by molar-refractivity contribution is 7.92. The van der Waals surface area contributed by atoms with Gasteiger partial charge in [0.2, 0.25) is 10.0 Å². The Kier molecular flexibility index (Phi) is 3.91. The van der Waals surface area contributed by atoms with Crippen LogP contribution in [0, 0.1) is 0 Å². The van der Waals surface area contributed by atoms with E-state index >= 15 is 0 Å². The first-order chi connectivity index (χ1) is 10.9. The van der Waals surface area contributed by atoms with Crippen molar-refractivity contribution in [3.63, 3.8) is 0 Å². The first-order valence-corrected chi connectivity index (χ1v) is 8.76. The number of carbonyl (C=O) groups excluding carboxylic acids is 1. The summed E-state index contributed by atoms with van der Waals surface area (Å²) in [6.07, 6.45) is 4.21. The summed E-state index contributed by atoms with van der Waals surface area (Å²) in [5, 5.41) is 2.74. The molecule has 0 radical (unpaired) electrons. The number of hydrogen-bond donors (Lipinski definition) is 1. The molecule has 3 rings (SSSR count). The fourth-order valence-electron chi connectivity index (χ4n) is 2.32. The van der Waals surface area contributed by atoms with E-state index in [2.05, 4.69) is 10.3 Å². The van der Waals surface area contributed by atoms with Gasteiger partial charge in [0.15, 0.2) is 0 Å². The number of fused-ring (bicyclic) bond motifs is 1. The van der Waals surface area contributed by atoms with Gasteiger partial charge in [-0.15, -0.1) is 0 Å². The maximum absolute atomic E-state index is 12.1. The number of nitrogens with one attached hydrogen (secondary N) is 1. The van der Waals surface area contributed by atoms with Crippen molar-refractivity contribution in [2.45, 2.75) is 0 Å². The SMILES string of the molecule is CS(=O)(=O)N1CCOc2cc(NC(=O)c3cccnc3)ccc21. The van der Waals surface area contributed by atoms with Crippen molar-refractivity contribution in [1.82, 2.24) is 4.98 Å². The van der Waals surface area contributed by atoms with Gasteiger partial charge in [-0.3, -0.25) is 14.1 Å². The molecule has 1 aliphatic heterocycles. The Morgan fingerprint density at radius 1 is 1.35 bits per heavy atom. The quantitative estimate of drug-likeness (QED) is 0.919. The van der Waals surface area contributed by atoms with Gasteiger partial charge >= 0.3 is 0 Å². The second kappa shape index (κ2) is 5.88. The van der Waals surface area contributed by atoms with E-state index in [1.807, 2.05) is 0 Å². The molecule has 1 amide bonds. The minimum Gasteiger partial charge on any atom is -0.489 e. The third kappa shape index (κ3) is 3.26. The number of ether oxygens (including phenoxy) is 1. The van der Waals surface area contributed by atoms with Crippen LogP contribution in [0.5, 0.6) is 5.75 Å². The molecule has 0 aliphatic carbocycles. The Morgan fingerprint density at radius 3 is 2.87 bits per heavy atom. The molecule has 0 unspecified atom stereocenters. The topological polar surface area (TPSA) is 88.6 Å². The van der Waals surface area contributed by atoms with Gasteiger partial charge in [0.25, 0.3) is 5.91 Å². The van der Waals surface area contributed by atoms with Crippen molar-refractivity contribution < 1.29 is 17.9 Å². The van der Waals surface area contributed by atoms with Gasteiger partial charge in [-0.05, 0) is 24.3 Å². The van der Waals surface area contributed by atoms with E-state index < -0.39 is 10.0 Å². The number of carbonyl (C=O) groups is 1. The van der Waals surface area contributed by atoms with Gasteiger partial charge in [-0.25, -0.2) is 8.42 Å². The number of pyridine rings is 1. The van der Waals surface area contributed by atoms with Crippen LogP contribution in [0.4, 0.5) is 11.4 Å². The first kappa shape index (κ1) is 15.3. The maximum Gasteiger partial charge on any atom is 0.257 e. The number of amides is 1. The normalized spacial score (nSPS) is 13.9. The largest absolute Gasteiger partial charge is 0.489 e. The lowest BCUT2D eigenvalue weighted by molar-refractivity contribution is 0.102. The molecule has 0 saturated heterocycles. The van der Waals surface area contributed by atoms with E-state index in [9.17, 15) is 13.2 Å². The highest BCUT2D eigenvalue weighted by Gasteiger charge is 2.25. The molecular weight excluding hydrogens is 318 g/mol. The Morgan fingerprint density at radius 2 is 2.17 bits per heavy atom. The summed E-state index contributed by atoms with van der Waals surface area (Å²) in [4.78, 5) is 16.0. The number of hydrogen-bond acceptors (Lipinski definition) is 5. The van der Waals surface area contributed by atoms with E-state index in [0.717, 1.165) is 6.26 Å². The lowest BCUT2D eigenvalue weighted by Crippen LogP contribution is -2.37. The number of benzene rings is 1. The molecule has 120 valence electrons. The van der Waals surface area contributed by atoms with Gasteiger partial charge in [-0.1, -0.05) is 0 Å². The zero-order valence-electron chi connectivity index (χ0n) is 12.4. The summed E-state index contributed by atoms with van der Waals surface area (Å²) < 4.78 is 30.4. The third-order valence-electron chi connectivity index (χ3n) is 3.36. The van der Waals surface area contributed by atoms with Crippen molar-refractivity contribution in [2.24, 2.45) is 0 Å². The number of anilines is 2. The number of aromatic nitrogens is 1. The lowest BCUT2D eigenvalue weighted by atomic mass is 10.2. The molecule has 0 bridgehead atoms. The fourth-order valence-corrected chi connectivity index (χ4v) is 3.23. The zero-order chi connectivity index (χ0) is 16.4. The molecule has 0 saturated carbocycles. The van der Waals surface area contributed by atoms with Crippen molar-refractivity contribution in [1.29, 1.82) is 0 Å². The van der Waals surface area contributed by atoms with Crippen molar-refractivity contribution in [3.05, 3.63) is 48.3 Å². The Labute approximate surface area is 134 Å². The van der Waals surface area contributed by atoms with Crippen molar-refractivity contribution in [2.75, 3.05) is 29.0 Å². The molecule has 1 N–H and O–H groups in total. The summed E-state index contributed by atoms with van der Waals surface area (Å²) in [6.45, 7) is 0.535. The molecule has 0 fully saturated rings. The van der Waals surface area contributed by atoms with Gasteiger partial charge in [0.05, 0.1) is 24.1 Å². The average molecular weight is 333 g/mol. The Bertz CT molecular complexity index is 837. The van der Waals surface area contributed by atoms with Crippen LogP contribution in [0.25, 0.3) is 0 Å². The summed E-state index contributed by atoms with van der Waals surface area (Å²) in [5.74, 6) is 0.125. The fraction of sp³-hybridized carbons (Fsp3) is 0.200. The van der Waals surface area contributed by atoms with Gasteiger partial charge in [-0.2, -0.15) is 0 Å². The molecule has 0 spiro atoms. The molecule has 7 nitrogen and oxygen atoms in total. The van der Waals surface area contributed by atoms with Crippen LogP contribution >= 0.6 is 0 Å². The predicted octanol–water partition coefficient (Wildman–Crippen LogP) is 1.49. The highest BCUT2D eigenvalue weighted by Crippen LogP contribution is 2.35. The summed E-state index contributed by atoms with van der Waals surface area (Å²) in [7, 11) is -3.36. The van der Waals surface area contributed by atoms with E-state index in [1.54, 1.807) is 36.5 Å². The molecule has 0 atom stereocenters. The maximum atomic E-state index is 12.1. The molecule has 1 aromatic heterocycles. The van der Waals surface area contributed by atoms with Crippen LogP contribution in [0.1, 0.15) is 10.4 Å². The van der Waals surface area contributed by atoms with Gasteiger partial charge in [0, 0.05) is 24.1 Å². The van der Waals surface area contributed by atoms with Gasteiger partial charge < -0.3 is 10.1 Å².